The zero-order chi connectivity index (χ0) is 10.9. The monoisotopic (exact) mass is 208 g/mol. The van der Waals surface area contributed by atoms with Gasteiger partial charge >= 0.3 is 6.03 Å². The van der Waals surface area contributed by atoms with E-state index in [2.05, 4.69) is 11.2 Å². The number of piperidine rings is 1. The Bertz CT molecular complexity index is 226. The molecule has 1 fully saturated rings. The van der Waals surface area contributed by atoms with Crippen molar-refractivity contribution in [1.29, 1.82) is 0 Å². The van der Waals surface area contributed by atoms with Crippen molar-refractivity contribution in [2.24, 2.45) is 0 Å². The summed E-state index contributed by atoms with van der Waals surface area (Å²) in [6.07, 6.45) is 11.5. The van der Waals surface area contributed by atoms with Crippen LogP contribution in [-0.2, 0) is 0 Å². The summed E-state index contributed by atoms with van der Waals surface area (Å²) in [6, 6.07) is 0.0930. The standard InChI is InChI=1S/C12H20N2O/c1-2-3-4-6-9-13-12(15)14-10-7-5-8-11-14/h1H,3-11H2,(H,13,15). The second kappa shape index (κ2) is 7.17. The Kier molecular flexibility index (Phi) is 5.69. The molecule has 0 radical (unpaired) electrons. The van der Waals surface area contributed by atoms with Gasteiger partial charge in [-0.15, -0.1) is 12.3 Å². The first-order chi connectivity index (χ1) is 7.34. The number of unbranched alkanes of at least 4 members (excludes halogenated alkanes) is 2. The predicted octanol–water partition coefficient (Wildman–Crippen LogP) is 1.99. The summed E-state index contributed by atoms with van der Waals surface area (Å²) in [5, 5.41) is 2.93. The maximum absolute atomic E-state index is 11.6. The Morgan fingerprint density at radius 3 is 2.67 bits per heavy atom. The van der Waals surface area contributed by atoms with Gasteiger partial charge in [0.05, 0.1) is 0 Å². The fraction of sp³-hybridized carbons (Fsp3) is 0.750. The van der Waals surface area contributed by atoms with E-state index in [1.165, 1.54) is 6.42 Å². The summed E-state index contributed by atoms with van der Waals surface area (Å²) in [6.45, 7) is 2.57. The molecule has 0 aromatic heterocycles. The number of terminal acetylenes is 1. The molecule has 1 heterocycles. The normalized spacial score (nSPS) is 15.8. The van der Waals surface area contributed by atoms with Crippen LogP contribution in [0.3, 0.4) is 0 Å². The van der Waals surface area contributed by atoms with E-state index in [0.29, 0.717) is 0 Å². The van der Waals surface area contributed by atoms with Gasteiger partial charge in [-0.25, -0.2) is 4.79 Å². The van der Waals surface area contributed by atoms with Gasteiger partial charge in [-0.1, -0.05) is 0 Å². The summed E-state index contributed by atoms with van der Waals surface area (Å²) < 4.78 is 0. The average Bonchev–Trinajstić information content (AvgIpc) is 2.30. The molecule has 0 saturated carbocycles. The van der Waals surface area contributed by atoms with E-state index in [1.807, 2.05) is 4.90 Å². The lowest BCUT2D eigenvalue weighted by Crippen LogP contribution is -2.43. The van der Waals surface area contributed by atoms with E-state index < -0.39 is 0 Å². The molecule has 0 aromatic rings. The molecular formula is C12H20N2O. The predicted molar refractivity (Wildman–Crippen MR) is 61.5 cm³/mol. The number of hydrogen-bond acceptors (Lipinski definition) is 1. The third kappa shape index (κ3) is 4.73. The second-order valence-corrected chi connectivity index (χ2v) is 3.94. The molecule has 1 aliphatic rings. The topological polar surface area (TPSA) is 32.3 Å². The van der Waals surface area contributed by atoms with Gasteiger partial charge in [0.15, 0.2) is 0 Å². The molecule has 0 aromatic carbocycles. The Hall–Kier alpha value is -1.17. The first-order valence-corrected chi connectivity index (χ1v) is 5.81. The molecule has 1 saturated heterocycles. The number of urea groups is 1. The third-order valence-electron chi connectivity index (χ3n) is 2.67. The Balaban J connectivity index is 2.05. The van der Waals surface area contributed by atoms with Gasteiger partial charge in [0, 0.05) is 26.1 Å². The summed E-state index contributed by atoms with van der Waals surface area (Å²) in [7, 11) is 0. The summed E-state index contributed by atoms with van der Waals surface area (Å²) in [4.78, 5) is 13.5. The van der Waals surface area contributed by atoms with Crippen LogP contribution in [0.15, 0.2) is 0 Å². The molecule has 0 spiro atoms. The number of nitrogens with zero attached hydrogens (tertiary/aromatic N) is 1. The van der Waals surface area contributed by atoms with Gasteiger partial charge in [0.25, 0.3) is 0 Å². The van der Waals surface area contributed by atoms with Crippen molar-refractivity contribution in [2.45, 2.75) is 38.5 Å². The Labute approximate surface area is 92.2 Å². The second-order valence-electron chi connectivity index (χ2n) is 3.94. The van der Waals surface area contributed by atoms with Gasteiger partial charge in [0.1, 0.15) is 0 Å². The maximum Gasteiger partial charge on any atom is 0.317 e. The van der Waals surface area contributed by atoms with Crippen molar-refractivity contribution < 1.29 is 4.79 Å². The third-order valence-corrected chi connectivity index (χ3v) is 2.67. The van der Waals surface area contributed by atoms with Crippen LogP contribution in [0.4, 0.5) is 4.79 Å². The van der Waals surface area contributed by atoms with Crippen LogP contribution >= 0.6 is 0 Å². The highest BCUT2D eigenvalue weighted by Crippen LogP contribution is 2.08. The van der Waals surface area contributed by atoms with E-state index in [1.54, 1.807) is 0 Å². The highest BCUT2D eigenvalue weighted by molar-refractivity contribution is 5.74. The fourth-order valence-corrected chi connectivity index (χ4v) is 1.76. The van der Waals surface area contributed by atoms with Crippen molar-refractivity contribution in [2.75, 3.05) is 19.6 Å². The van der Waals surface area contributed by atoms with Crippen LogP contribution in [0.25, 0.3) is 0 Å². The number of rotatable bonds is 4. The molecule has 0 aliphatic carbocycles. The van der Waals surface area contributed by atoms with Crippen LogP contribution in [-0.4, -0.2) is 30.6 Å². The molecule has 1 aliphatic heterocycles. The molecule has 1 rings (SSSR count). The van der Waals surface area contributed by atoms with Crippen LogP contribution in [0.1, 0.15) is 38.5 Å². The quantitative estimate of drug-likeness (QED) is 0.556. The van der Waals surface area contributed by atoms with E-state index in [-0.39, 0.29) is 6.03 Å². The number of amides is 2. The minimum Gasteiger partial charge on any atom is -0.338 e. The van der Waals surface area contributed by atoms with Crippen molar-refractivity contribution in [3.8, 4) is 12.3 Å². The first-order valence-electron chi connectivity index (χ1n) is 5.81. The van der Waals surface area contributed by atoms with Crippen LogP contribution in [0, 0.1) is 12.3 Å². The Morgan fingerprint density at radius 1 is 1.27 bits per heavy atom. The smallest absolute Gasteiger partial charge is 0.317 e. The highest BCUT2D eigenvalue weighted by atomic mass is 16.2. The molecule has 15 heavy (non-hydrogen) atoms. The Morgan fingerprint density at radius 2 is 2.00 bits per heavy atom. The number of nitrogens with one attached hydrogen (secondary N) is 1. The van der Waals surface area contributed by atoms with E-state index in [9.17, 15) is 4.79 Å². The van der Waals surface area contributed by atoms with Gasteiger partial charge < -0.3 is 10.2 Å². The summed E-state index contributed by atoms with van der Waals surface area (Å²) >= 11 is 0. The summed E-state index contributed by atoms with van der Waals surface area (Å²) in [5.41, 5.74) is 0. The van der Waals surface area contributed by atoms with Crippen LogP contribution in [0.5, 0.6) is 0 Å². The average molecular weight is 208 g/mol. The molecule has 0 atom stereocenters. The molecule has 3 nitrogen and oxygen atoms in total. The van der Waals surface area contributed by atoms with Gasteiger partial charge in [-0.05, 0) is 32.1 Å². The maximum atomic E-state index is 11.6. The number of likely N-dealkylation sites (tertiary alicyclic amines) is 1. The molecule has 3 heteroatoms. The van der Waals surface area contributed by atoms with E-state index >= 15 is 0 Å². The molecule has 2 amide bonds. The molecule has 84 valence electrons. The lowest BCUT2D eigenvalue weighted by molar-refractivity contribution is 0.186. The van der Waals surface area contributed by atoms with Crippen molar-refractivity contribution in [1.82, 2.24) is 10.2 Å². The first kappa shape index (κ1) is 11.9. The lowest BCUT2D eigenvalue weighted by Gasteiger charge is -2.26. The number of carbonyl (C=O) groups is 1. The van der Waals surface area contributed by atoms with Gasteiger partial charge in [-0.2, -0.15) is 0 Å². The number of carbonyl (C=O) groups excluding carboxylic acids is 1. The summed E-state index contributed by atoms with van der Waals surface area (Å²) in [5.74, 6) is 2.60. The van der Waals surface area contributed by atoms with Crippen molar-refractivity contribution in [3.63, 3.8) is 0 Å². The SMILES string of the molecule is C#CCCCCNC(=O)N1CCCCC1. The van der Waals surface area contributed by atoms with Crippen LogP contribution in [0.2, 0.25) is 0 Å². The molecule has 0 bridgehead atoms. The zero-order valence-electron chi connectivity index (χ0n) is 9.30. The fourth-order valence-electron chi connectivity index (χ4n) is 1.76. The largest absolute Gasteiger partial charge is 0.338 e. The van der Waals surface area contributed by atoms with Crippen molar-refractivity contribution in [3.05, 3.63) is 0 Å². The van der Waals surface area contributed by atoms with E-state index in [4.69, 9.17) is 6.42 Å². The van der Waals surface area contributed by atoms with Crippen LogP contribution < -0.4 is 5.32 Å². The minimum atomic E-state index is 0.0930. The lowest BCUT2D eigenvalue weighted by atomic mass is 10.1. The number of hydrogen-bond donors (Lipinski definition) is 1. The zero-order valence-corrected chi connectivity index (χ0v) is 9.30. The highest BCUT2D eigenvalue weighted by Gasteiger charge is 2.14. The molecule has 0 unspecified atom stereocenters. The molecular weight excluding hydrogens is 188 g/mol. The van der Waals surface area contributed by atoms with Gasteiger partial charge in [0.2, 0.25) is 0 Å². The van der Waals surface area contributed by atoms with Gasteiger partial charge in [-0.3, -0.25) is 0 Å². The minimum absolute atomic E-state index is 0.0930. The van der Waals surface area contributed by atoms with Crippen molar-refractivity contribution >= 4 is 6.03 Å². The molecule has 1 N–H and O–H groups in total. The van der Waals surface area contributed by atoms with E-state index in [0.717, 1.165) is 51.7 Å².